The zero-order valence-corrected chi connectivity index (χ0v) is 27.1. The largest absolute Gasteiger partial charge is 0.484 e. The van der Waals surface area contributed by atoms with Gasteiger partial charge in [0.25, 0.3) is 5.91 Å². The van der Waals surface area contributed by atoms with Crippen LogP contribution in [0.4, 0.5) is 5.69 Å². The second-order valence-electron chi connectivity index (χ2n) is 12.4. The van der Waals surface area contributed by atoms with Gasteiger partial charge in [0.1, 0.15) is 5.75 Å². The number of aromatic nitrogens is 1. The van der Waals surface area contributed by atoms with E-state index in [0.29, 0.717) is 32.1 Å². The lowest BCUT2D eigenvalue weighted by atomic mass is 9.87. The predicted octanol–water partition coefficient (Wildman–Crippen LogP) is 4.54. The molecule has 236 valence electrons. The molecule has 0 spiro atoms. The molecule has 2 saturated heterocycles. The minimum atomic E-state index is -3.67. The smallest absolute Gasteiger partial charge is 0.277 e. The van der Waals surface area contributed by atoms with Crippen molar-refractivity contribution < 1.29 is 22.7 Å². The van der Waals surface area contributed by atoms with Crippen molar-refractivity contribution in [3.05, 3.63) is 71.0 Å². The first kappa shape index (κ1) is 31.7. The highest BCUT2D eigenvalue weighted by Crippen LogP contribution is 2.34. The molecule has 11 heteroatoms. The Kier molecular flexibility index (Phi) is 9.48. The second-order valence-corrected chi connectivity index (χ2v) is 14.3. The number of sulfonamides is 1. The number of hydrogen-bond acceptors (Lipinski definition) is 7. The van der Waals surface area contributed by atoms with Crippen molar-refractivity contribution in [3.8, 4) is 11.4 Å². The summed E-state index contributed by atoms with van der Waals surface area (Å²) in [6, 6.07) is 15.1. The van der Waals surface area contributed by atoms with Gasteiger partial charge in [0, 0.05) is 43.1 Å². The van der Waals surface area contributed by atoms with E-state index in [0.717, 1.165) is 54.3 Å². The Morgan fingerprint density at radius 3 is 2.32 bits per heavy atom. The number of hydrazone groups is 1. The molecule has 0 atom stereocenters. The van der Waals surface area contributed by atoms with Crippen LogP contribution in [0, 0.1) is 13.8 Å². The van der Waals surface area contributed by atoms with Gasteiger partial charge in [0.2, 0.25) is 10.0 Å². The molecule has 2 aliphatic rings. The Morgan fingerprint density at radius 1 is 0.977 bits per heavy atom. The highest BCUT2D eigenvalue weighted by atomic mass is 32.2. The van der Waals surface area contributed by atoms with E-state index < -0.39 is 10.0 Å². The SMILES string of the molecule is Cc1cc(/C=N/NC(=O)COc2ccc(C(C)(C)C)cc2)c(C)n1-c1cc(S(=O)(=O)N2CCOCC2)ccc1N1CCCC1. The number of hydrogen-bond donors (Lipinski definition) is 1. The van der Waals surface area contributed by atoms with E-state index in [1.54, 1.807) is 18.3 Å². The lowest BCUT2D eigenvalue weighted by Crippen LogP contribution is -2.40. The highest BCUT2D eigenvalue weighted by Gasteiger charge is 2.29. The number of amides is 1. The average molecular weight is 622 g/mol. The van der Waals surface area contributed by atoms with E-state index in [-0.39, 0.29) is 22.8 Å². The fourth-order valence-electron chi connectivity index (χ4n) is 5.70. The van der Waals surface area contributed by atoms with Crippen LogP contribution in [0.15, 0.2) is 58.5 Å². The molecule has 3 aromatic rings. The van der Waals surface area contributed by atoms with Crippen LogP contribution >= 0.6 is 0 Å². The highest BCUT2D eigenvalue weighted by molar-refractivity contribution is 7.89. The Bertz CT molecular complexity index is 1610. The number of anilines is 1. The van der Waals surface area contributed by atoms with Crippen molar-refractivity contribution in [2.75, 3.05) is 50.9 Å². The Hall–Kier alpha value is -3.67. The van der Waals surface area contributed by atoms with Gasteiger partial charge in [-0.15, -0.1) is 0 Å². The molecule has 44 heavy (non-hydrogen) atoms. The predicted molar refractivity (Wildman–Crippen MR) is 173 cm³/mol. The van der Waals surface area contributed by atoms with Gasteiger partial charge in [-0.1, -0.05) is 32.9 Å². The van der Waals surface area contributed by atoms with Crippen molar-refractivity contribution in [2.45, 2.75) is 57.8 Å². The normalized spacial score (nSPS) is 16.5. The molecule has 2 fully saturated rings. The molecular formula is C33H43N5O5S. The van der Waals surface area contributed by atoms with Crippen LogP contribution in [-0.4, -0.2) is 75.4 Å². The molecule has 0 radical (unpaired) electrons. The van der Waals surface area contributed by atoms with Gasteiger partial charge in [-0.25, -0.2) is 13.8 Å². The first-order valence-corrected chi connectivity index (χ1v) is 16.6. The zero-order chi connectivity index (χ0) is 31.5. The molecule has 0 bridgehead atoms. The first-order valence-electron chi connectivity index (χ1n) is 15.2. The van der Waals surface area contributed by atoms with Gasteiger partial charge in [-0.3, -0.25) is 4.79 Å². The molecular weight excluding hydrogens is 578 g/mol. The number of aryl methyl sites for hydroxylation is 1. The lowest BCUT2D eigenvalue weighted by molar-refractivity contribution is -0.123. The number of rotatable bonds is 9. The topological polar surface area (TPSA) is 105 Å². The van der Waals surface area contributed by atoms with Crippen LogP contribution in [0.25, 0.3) is 5.69 Å². The number of ether oxygens (including phenoxy) is 2. The van der Waals surface area contributed by atoms with Crippen LogP contribution in [0.1, 0.15) is 56.1 Å². The van der Waals surface area contributed by atoms with Gasteiger partial charge in [-0.05, 0) is 74.1 Å². The van der Waals surface area contributed by atoms with E-state index in [2.05, 4.69) is 40.8 Å². The summed E-state index contributed by atoms with van der Waals surface area (Å²) in [6.45, 7) is 13.5. The summed E-state index contributed by atoms with van der Waals surface area (Å²) in [4.78, 5) is 15.0. The fraction of sp³-hybridized carbons (Fsp3) is 0.455. The third-order valence-corrected chi connectivity index (χ3v) is 10.1. The maximum atomic E-state index is 13.6. The Labute approximate surface area is 260 Å². The van der Waals surface area contributed by atoms with Crippen molar-refractivity contribution in [1.82, 2.24) is 14.3 Å². The summed E-state index contributed by atoms with van der Waals surface area (Å²) in [5.41, 5.74) is 8.21. The minimum absolute atomic E-state index is 0.0409. The quantitative estimate of drug-likeness (QED) is 0.278. The van der Waals surface area contributed by atoms with E-state index in [1.807, 2.05) is 50.2 Å². The summed E-state index contributed by atoms with van der Waals surface area (Å²) in [6.07, 6.45) is 3.81. The second kappa shape index (κ2) is 13.1. The van der Waals surface area contributed by atoms with Crippen LogP contribution in [-0.2, 0) is 25.0 Å². The molecule has 1 N–H and O–H groups in total. The van der Waals surface area contributed by atoms with Crippen LogP contribution in [0.2, 0.25) is 0 Å². The van der Waals surface area contributed by atoms with Gasteiger partial charge in [0.15, 0.2) is 6.61 Å². The van der Waals surface area contributed by atoms with Crippen molar-refractivity contribution in [1.29, 1.82) is 0 Å². The third-order valence-electron chi connectivity index (χ3n) is 8.20. The third kappa shape index (κ3) is 7.00. The molecule has 0 saturated carbocycles. The van der Waals surface area contributed by atoms with Crippen molar-refractivity contribution >= 4 is 27.8 Å². The van der Waals surface area contributed by atoms with Crippen LogP contribution in [0.5, 0.6) is 5.75 Å². The average Bonchev–Trinajstić information content (AvgIpc) is 3.64. The molecule has 2 aromatic carbocycles. The molecule has 0 unspecified atom stereocenters. The summed E-state index contributed by atoms with van der Waals surface area (Å²) in [5, 5.41) is 4.18. The van der Waals surface area contributed by atoms with Crippen LogP contribution < -0.4 is 15.1 Å². The maximum absolute atomic E-state index is 13.6. The summed E-state index contributed by atoms with van der Waals surface area (Å²) >= 11 is 0. The maximum Gasteiger partial charge on any atom is 0.277 e. The first-order chi connectivity index (χ1) is 20.9. The number of carbonyl (C=O) groups is 1. The van der Waals surface area contributed by atoms with Crippen molar-refractivity contribution in [3.63, 3.8) is 0 Å². The van der Waals surface area contributed by atoms with Gasteiger partial charge >= 0.3 is 0 Å². The molecule has 2 aliphatic heterocycles. The standard InChI is InChI=1S/C33H43N5O5S/c1-24-20-26(22-34-35-32(39)23-43-28-10-8-27(9-11-28)33(3,4)5)25(2)38(24)31-21-29(12-13-30(31)36-14-6-7-15-36)44(40,41)37-16-18-42-19-17-37/h8-13,20-22H,6-7,14-19,23H2,1-5H3,(H,35,39)/b34-22+. The zero-order valence-electron chi connectivity index (χ0n) is 26.3. The van der Waals surface area contributed by atoms with E-state index in [1.165, 1.54) is 9.87 Å². The molecule has 1 aromatic heterocycles. The number of carbonyl (C=O) groups excluding carboxylic acids is 1. The molecule has 10 nitrogen and oxygen atoms in total. The van der Waals surface area contributed by atoms with Gasteiger partial charge < -0.3 is 18.9 Å². The molecule has 0 aliphatic carbocycles. The molecule has 1 amide bonds. The van der Waals surface area contributed by atoms with E-state index in [4.69, 9.17) is 9.47 Å². The summed E-state index contributed by atoms with van der Waals surface area (Å²) < 4.78 is 41.7. The fourth-order valence-corrected chi connectivity index (χ4v) is 7.13. The number of morpholine rings is 1. The summed E-state index contributed by atoms with van der Waals surface area (Å²) in [7, 11) is -3.67. The van der Waals surface area contributed by atoms with Crippen LogP contribution in [0.3, 0.4) is 0 Å². The molecule has 3 heterocycles. The molecule has 5 rings (SSSR count). The number of nitrogens with zero attached hydrogens (tertiary/aromatic N) is 4. The van der Waals surface area contributed by atoms with Crippen molar-refractivity contribution in [2.24, 2.45) is 5.10 Å². The Morgan fingerprint density at radius 2 is 1.66 bits per heavy atom. The van der Waals surface area contributed by atoms with Gasteiger partial charge in [0.05, 0.1) is 35.7 Å². The lowest BCUT2D eigenvalue weighted by Gasteiger charge is -2.28. The van der Waals surface area contributed by atoms with E-state index in [9.17, 15) is 13.2 Å². The minimum Gasteiger partial charge on any atom is -0.484 e. The number of benzene rings is 2. The van der Waals surface area contributed by atoms with E-state index >= 15 is 0 Å². The summed E-state index contributed by atoms with van der Waals surface area (Å²) in [5.74, 6) is 0.250. The Balaban J connectivity index is 1.34. The van der Waals surface area contributed by atoms with Gasteiger partial charge in [-0.2, -0.15) is 9.41 Å². The number of nitrogens with one attached hydrogen (secondary N) is 1. The monoisotopic (exact) mass is 621 g/mol.